The average molecular weight is 286 g/mol. The number of nitrogens with zero attached hydrogens (tertiary/aromatic N) is 1. The highest BCUT2D eigenvalue weighted by atomic mass is 16.2. The largest absolute Gasteiger partial charge is 0.358 e. The van der Waals surface area contributed by atoms with Crippen molar-refractivity contribution in [3.05, 3.63) is 35.5 Å². The van der Waals surface area contributed by atoms with Crippen molar-refractivity contribution in [2.75, 3.05) is 26.7 Å². The van der Waals surface area contributed by atoms with Crippen molar-refractivity contribution in [3.63, 3.8) is 0 Å². The summed E-state index contributed by atoms with van der Waals surface area (Å²) in [4.78, 5) is 17.7. The zero-order valence-corrected chi connectivity index (χ0v) is 12.6. The molecule has 0 saturated carbocycles. The summed E-state index contributed by atoms with van der Waals surface area (Å²) in [6.45, 7) is 5.43. The number of hydrogen-bond donors (Lipinski definition) is 3. The molecule has 0 aliphatic carbocycles. The lowest BCUT2D eigenvalue weighted by Gasteiger charge is -2.34. The number of rotatable bonds is 3. The minimum absolute atomic E-state index is 0.0831. The number of benzene rings is 1. The normalized spacial score (nSPS) is 19.8. The van der Waals surface area contributed by atoms with Crippen LogP contribution in [0.4, 0.5) is 0 Å². The number of nitrogens with one attached hydrogen (secondary N) is 3. The third-order valence-corrected chi connectivity index (χ3v) is 4.29. The molecule has 2 aromatic rings. The smallest absolute Gasteiger partial charge is 0.238 e. The second kappa shape index (κ2) is 5.87. The summed E-state index contributed by atoms with van der Waals surface area (Å²) in [5.74, 6) is 0.0831. The number of aromatic nitrogens is 1. The van der Waals surface area contributed by atoms with Gasteiger partial charge in [0, 0.05) is 49.8 Å². The van der Waals surface area contributed by atoms with Crippen LogP contribution < -0.4 is 10.6 Å². The van der Waals surface area contributed by atoms with E-state index in [2.05, 4.69) is 45.6 Å². The van der Waals surface area contributed by atoms with E-state index in [1.807, 2.05) is 6.07 Å². The first-order valence-corrected chi connectivity index (χ1v) is 7.43. The van der Waals surface area contributed by atoms with Crippen LogP contribution in [0.3, 0.4) is 0 Å². The minimum atomic E-state index is -0.100. The molecular weight excluding hydrogens is 264 g/mol. The van der Waals surface area contributed by atoms with Gasteiger partial charge < -0.3 is 15.6 Å². The number of aromatic amines is 1. The Morgan fingerprint density at radius 3 is 3.05 bits per heavy atom. The molecule has 1 saturated heterocycles. The number of aryl methyl sites for hydroxylation is 1. The van der Waals surface area contributed by atoms with Gasteiger partial charge in [-0.15, -0.1) is 0 Å². The molecule has 0 spiro atoms. The van der Waals surface area contributed by atoms with E-state index in [1.54, 1.807) is 7.05 Å². The third-order valence-electron chi connectivity index (χ3n) is 4.29. The van der Waals surface area contributed by atoms with Gasteiger partial charge in [-0.1, -0.05) is 18.2 Å². The van der Waals surface area contributed by atoms with Gasteiger partial charge in [-0.25, -0.2) is 0 Å². The van der Waals surface area contributed by atoms with Gasteiger partial charge in [0.2, 0.25) is 5.91 Å². The van der Waals surface area contributed by atoms with E-state index in [1.165, 1.54) is 16.6 Å². The van der Waals surface area contributed by atoms with Crippen molar-refractivity contribution in [2.24, 2.45) is 0 Å². The van der Waals surface area contributed by atoms with Crippen LogP contribution in [0, 0.1) is 6.92 Å². The Balaban J connectivity index is 1.89. The summed E-state index contributed by atoms with van der Waals surface area (Å²) in [5, 5.41) is 7.32. The summed E-state index contributed by atoms with van der Waals surface area (Å²) >= 11 is 0. The van der Waals surface area contributed by atoms with Crippen LogP contribution in [0.25, 0.3) is 10.9 Å². The van der Waals surface area contributed by atoms with Crippen LogP contribution in [0.2, 0.25) is 0 Å². The van der Waals surface area contributed by atoms with Crippen molar-refractivity contribution >= 4 is 16.8 Å². The first-order chi connectivity index (χ1) is 10.2. The van der Waals surface area contributed by atoms with E-state index in [0.29, 0.717) is 6.54 Å². The van der Waals surface area contributed by atoms with E-state index < -0.39 is 0 Å². The van der Waals surface area contributed by atoms with E-state index in [0.717, 1.165) is 25.2 Å². The number of piperazine rings is 1. The summed E-state index contributed by atoms with van der Waals surface area (Å²) in [6.07, 6.45) is 0. The van der Waals surface area contributed by atoms with Crippen molar-refractivity contribution in [1.82, 2.24) is 20.5 Å². The summed E-state index contributed by atoms with van der Waals surface area (Å²) in [7, 11) is 1.70. The molecule has 5 heteroatoms. The molecule has 1 fully saturated rings. The van der Waals surface area contributed by atoms with Gasteiger partial charge in [-0.3, -0.25) is 9.69 Å². The molecule has 21 heavy (non-hydrogen) atoms. The van der Waals surface area contributed by atoms with Crippen LogP contribution in [0.5, 0.6) is 0 Å². The van der Waals surface area contributed by atoms with Gasteiger partial charge >= 0.3 is 0 Å². The highest BCUT2D eigenvalue weighted by Gasteiger charge is 2.28. The number of likely N-dealkylation sites (N-methyl/N-ethyl adjacent to an activating group) is 1. The third kappa shape index (κ3) is 2.66. The second-order valence-corrected chi connectivity index (χ2v) is 5.58. The lowest BCUT2D eigenvalue weighted by molar-refractivity contribution is -0.126. The lowest BCUT2D eigenvalue weighted by atomic mass is 10.1. The van der Waals surface area contributed by atoms with Gasteiger partial charge in [0.25, 0.3) is 0 Å². The van der Waals surface area contributed by atoms with E-state index in [4.69, 9.17) is 0 Å². The molecule has 0 radical (unpaired) electrons. The molecule has 1 aromatic heterocycles. The number of H-pyrrole nitrogens is 1. The fourth-order valence-electron chi connectivity index (χ4n) is 3.10. The van der Waals surface area contributed by atoms with Crippen LogP contribution in [-0.4, -0.2) is 48.5 Å². The van der Waals surface area contributed by atoms with Crippen molar-refractivity contribution in [1.29, 1.82) is 0 Å². The maximum Gasteiger partial charge on any atom is 0.238 e. The first kappa shape index (κ1) is 14.1. The van der Waals surface area contributed by atoms with Crippen LogP contribution >= 0.6 is 0 Å². The Hall–Kier alpha value is -1.85. The summed E-state index contributed by atoms with van der Waals surface area (Å²) < 4.78 is 0. The van der Waals surface area contributed by atoms with Gasteiger partial charge in [0.1, 0.15) is 6.04 Å². The monoisotopic (exact) mass is 286 g/mol. The maximum atomic E-state index is 12.1. The molecule has 5 nitrogen and oxygen atoms in total. The molecule has 3 rings (SSSR count). The standard InChI is InChI=1S/C16H22N4O/c1-11-13(12-5-3-4-6-14(12)19-11)10-20-8-7-18-9-15(20)16(21)17-2/h3-6,15,18-19H,7-10H2,1-2H3,(H,17,21). The highest BCUT2D eigenvalue weighted by molar-refractivity contribution is 5.85. The predicted octanol–water partition coefficient (Wildman–Crippen LogP) is 0.996. The molecular formula is C16H22N4O. The zero-order chi connectivity index (χ0) is 14.8. The molecule has 1 aliphatic rings. The van der Waals surface area contributed by atoms with Crippen molar-refractivity contribution < 1.29 is 4.79 Å². The predicted molar refractivity (Wildman–Crippen MR) is 84.2 cm³/mol. The number of para-hydroxylation sites is 1. The Bertz CT molecular complexity index is 649. The van der Waals surface area contributed by atoms with Gasteiger partial charge in [-0.05, 0) is 18.6 Å². The summed E-state index contributed by atoms with van der Waals surface area (Å²) in [5.41, 5.74) is 3.64. The van der Waals surface area contributed by atoms with Crippen LogP contribution in [0.1, 0.15) is 11.3 Å². The fourth-order valence-corrected chi connectivity index (χ4v) is 3.10. The molecule has 1 atom stereocenters. The number of carbonyl (C=O) groups is 1. The molecule has 3 N–H and O–H groups in total. The van der Waals surface area contributed by atoms with Crippen molar-refractivity contribution in [3.8, 4) is 0 Å². The number of fused-ring (bicyclic) bond motifs is 1. The molecule has 1 aromatic carbocycles. The van der Waals surface area contributed by atoms with Crippen molar-refractivity contribution in [2.45, 2.75) is 19.5 Å². The number of hydrogen-bond acceptors (Lipinski definition) is 3. The Morgan fingerprint density at radius 1 is 1.43 bits per heavy atom. The van der Waals surface area contributed by atoms with Gasteiger partial charge in [0.05, 0.1) is 0 Å². The Kier molecular flexibility index (Phi) is 3.94. The van der Waals surface area contributed by atoms with Gasteiger partial charge in [-0.2, -0.15) is 0 Å². The van der Waals surface area contributed by atoms with Crippen LogP contribution in [-0.2, 0) is 11.3 Å². The Labute approximate surface area is 124 Å². The molecule has 1 aliphatic heterocycles. The average Bonchev–Trinajstić information content (AvgIpc) is 2.83. The zero-order valence-electron chi connectivity index (χ0n) is 12.6. The topological polar surface area (TPSA) is 60.2 Å². The quantitative estimate of drug-likeness (QED) is 0.789. The number of amides is 1. The molecule has 1 amide bonds. The van der Waals surface area contributed by atoms with Gasteiger partial charge in [0.15, 0.2) is 0 Å². The lowest BCUT2D eigenvalue weighted by Crippen LogP contribution is -2.56. The van der Waals surface area contributed by atoms with E-state index in [9.17, 15) is 4.79 Å². The molecule has 112 valence electrons. The number of carbonyl (C=O) groups excluding carboxylic acids is 1. The second-order valence-electron chi connectivity index (χ2n) is 5.58. The SMILES string of the molecule is CNC(=O)C1CNCCN1Cc1c(C)[nH]c2ccccc12. The van der Waals surface area contributed by atoms with E-state index >= 15 is 0 Å². The minimum Gasteiger partial charge on any atom is -0.358 e. The molecule has 0 bridgehead atoms. The summed E-state index contributed by atoms with van der Waals surface area (Å²) in [6, 6.07) is 8.25. The highest BCUT2D eigenvalue weighted by Crippen LogP contribution is 2.24. The van der Waals surface area contributed by atoms with E-state index in [-0.39, 0.29) is 11.9 Å². The first-order valence-electron chi connectivity index (χ1n) is 7.43. The maximum absolute atomic E-state index is 12.1. The Morgan fingerprint density at radius 2 is 2.24 bits per heavy atom. The molecule has 1 unspecified atom stereocenters. The molecule has 2 heterocycles. The van der Waals surface area contributed by atoms with Crippen LogP contribution in [0.15, 0.2) is 24.3 Å². The fraction of sp³-hybridized carbons (Fsp3) is 0.438.